The van der Waals surface area contributed by atoms with Gasteiger partial charge < -0.3 is 9.84 Å². The molecule has 8 nitrogen and oxygen atoms in total. The van der Waals surface area contributed by atoms with Gasteiger partial charge in [-0.25, -0.2) is 13.1 Å². The van der Waals surface area contributed by atoms with Crippen LogP contribution in [0.1, 0.15) is 68.5 Å². The molecule has 1 aromatic heterocycles. The molecule has 0 bridgehead atoms. The van der Waals surface area contributed by atoms with Gasteiger partial charge in [-0.1, -0.05) is 42.2 Å². The van der Waals surface area contributed by atoms with Crippen molar-refractivity contribution in [2.24, 2.45) is 0 Å². The largest absolute Gasteiger partial charge is 0.394 e. The first-order valence-corrected chi connectivity index (χ1v) is 13.2. The van der Waals surface area contributed by atoms with Crippen molar-refractivity contribution in [1.29, 1.82) is 0 Å². The van der Waals surface area contributed by atoms with Crippen LogP contribution in [0.25, 0.3) is 0 Å². The van der Waals surface area contributed by atoms with E-state index in [9.17, 15) is 13.5 Å². The summed E-state index contributed by atoms with van der Waals surface area (Å²) in [4.78, 5) is 0.224. The second-order valence-electron chi connectivity index (χ2n) is 9.13. The van der Waals surface area contributed by atoms with Crippen LogP contribution < -0.4 is 4.72 Å². The number of aliphatic hydroxyl groups excluding tert-OH is 1. The molecule has 1 aliphatic heterocycles. The molecule has 2 aliphatic rings. The zero-order valence-electron chi connectivity index (χ0n) is 18.7. The Morgan fingerprint density at radius 3 is 2.59 bits per heavy atom. The third kappa shape index (κ3) is 5.75. The van der Waals surface area contributed by atoms with Crippen LogP contribution in [0, 0.1) is 6.92 Å². The van der Waals surface area contributed by atoms with Gasteiger partial charge >= 0.3 is 0 Å². The fourth-order valence-corrected chi connectivity index (χ4v) is 6.05. The van der Waals surface area contributed by atoms with Crippen LogP contribution in [-0.4, -0.2) is 53.4 Å². The van der Waals surface area contributed by atoms with Crippen molar-refractivity contribution in [1.82, 2.24) is 19.7 Å². The predicted octanol–water partition coefficient (Wildman–Crippen LogP) is 2.91. The number of aromatic nitrogens is 3. The molecule has 1 aliphatic carbocycles. The minimum Gasteiger partial charge on any atom is -0.394 e. The number of rotatable bonds is 8. The first-order valence-electron chi connectivity index (χ1n) is 11.7. The minimum atomic E-state index is -3.66. The zero-order valence-corrected chi connectivity index (χ0v) is 19.5. The van der Waals surface area contributed by atoms with Gasteiger partial charge in [0.25, 0.3) is 0 Å². The number of hydrogen-bond donors (Lipinski definition) is 2. The van der Waals surface area contributed by atoms with Crippen LogP contribution in [0.15, 0.2) is 35.4 Å². The van der Waals surface area contributed by atoms with E-state index >= 15 is 0 Å². The fraction of sp³-hybridized carbons (Fsp3) is 0.652. The Labute approximate surface area is 190 Å². The van der Waals surface area contributed by atoms with E-state index in [1.165, 1.54) is 32.1 Å². The van der Waals surface area contributed by atoms with Crippen molar-refractivity contribution in [2.45, 2.75) is 93.9 Å². The quantitative estimate of drug-likeness (QED) is 0.625. The van der Waals surface area contributed by atoms with Crippen molar-refractivity contribution in [3.05, 3.63) is 41.7 Å². The molecule has 2 heterocycles. The summed E-state index contributed by atoms with van der Waals surface area (Å²) in [5, 5.41) is 18.5. The molecule has 32 heavy (non-hydrogen) atoms. The average Bonchev–Trinajstić information content (AvgIpc) is 3.28. The molecule has 1 saturated heterocycles. The third-order valence-electron chi connectivity index (χ3n) is 6.69. The number of ether oxygens (including phenoxy) is 1. The first kappa shape index (κ1) is 23.4. The standard InChI is InChI=1S/C23H34N4O4S/c1-17-7-10-20(11-8-17)32(29,30)25-21-12-9-19(31-23(21)16-28)13-14-27-15-22(24-26-27)18-5-3-2-4-6-18/h7-8,10-11,15,18-19,21,23,25,28H,2-6,9,12-14,16H2,1H3/t19-,21+,23+/m1/s1. The molecule has 0 amide bonds. The summed E-state index contributed by atoms with van der Waals surface area (Å²) < 4.78 is 36.1. The molecule has 4 rings (SSSR count). The Balaban J connectivity index is 1.30. The highest BCUT2D eigenvalue weighted by Gasteiger charge is 2.34. The number of nitrogens with zero attached hydrogens (tertiary/aromatic N) is 3. The lowest BCUT2D eigenvalue weighted by molar-refractivity contribution is -0.0891. The Morgan fingerprint density at radius 2 is 1.88 bits per heavy atom. The van der Waals surface area contributed by atoms with Crippen LogP contribution in [0.4, 0.5) is 0 Å². The lowest BCUT2D eigenvalue weighted by Crippen LogP contribution is -2.50. The molecule has 2 fully saturated rings. The topological polar surface area (TPSA) is 106 Å². The van der Waals surface area contributed by atoms with Crippen molar-refractivity contribution in [2.75, 3.05) is 6.61 Å². The highest BCUT2D eigenvalue weighted by Crippen LogP contribution is 2.31. The van der Waals surface area contributed by atoms with E-state index in [0.717, 1.165) is 24.1 Å². The molecule has 176 valence electrons. The highest BCUT2D eigenvalue weighted by molar-refractivity contribution is 7.89. The van der Waals surface area contributed by atoms with Gasteiger partial charge in [-0.15, -0.1) is 5.10 Å². The summed E-state index contributed by atoms with van der Waals surface area (Å²) in [6.07, 6.45) is 9.78. The Morgan fingerprint density at radius 1 is 1.12 bits per heavy atom. The number of hydrogen-bond acceptors (Lipinski definition) is 6. The second-order valence-corrected chi connectivity index (χ2v) is 10.8. The number of aryl methyl sites for hydroxylation is 2. The maximum atomic E-state index is 12.7. The maximum absolute atomic E-state index is 12.7. The summed E-state index contributed by atoms with van der Waals surface area (Å²) in [7, 11) is -3.66. The van der Waals surface area contributed by atoms with Crippen LogP contribution in [0.5, 0.6) is 0 Å². The zero-order chi connectivity index (χ0) is 22.6. The Bertz CT molecular complexity index is 970. The molecule has 0 unspecified atom stereocenters. The van der Waals surface area contributed by atoms with E-state index in [-0.39, 0.29) is 17.6 Å². The van der Waals surface area contributed by atoms with Gasteiger partial charge in [-0.3, -0.25) is 4.68 Å². The van der Waals surface area contributed by atoms with Crippen molar-refractivity contribution >= 4 is 10.0 Å². The predicted molar refractivity (Wildman–Crippen MR) is 121 cm³/mol. The van der Waals surface area contributed by atoms with Gasteiger partial charge in [0.05, 0.1) is 35.4 Å². The molecular weight excluding hydrogens is 428 g/mol. The molecular formula is C23H34N4O4S. The van der Waals surface area contributed by atoms with E-state index in [1.807, 2.05) is 11.6 Å². The number of aliphatic hydroxyl groups is 1. The summed E-state index contributed by atoms with van der Waals surface area (Å²) in [6, 6.07) is 6.28. The lowest BCUT2D eigenvalue weighted by atomic mass is 9.87. The van der Waals surface area contributed by atoms with Crippen LogP contribution in [0.2, 0.25) is 0 Å². The smallest absolute Gasteiger partial charge is 0.240 e. The van der Waals surface area contributed by atoms with E-state index in [0.29, 0.717) is 18.9 Å². The first-order chi connectivity index (χ1) is 15.4. The summed E-state index contributed by atoms with van der Waals surface area (Å²) in [5.41, 5.74) is 2.09. The van der Waals surface area contributed by atoms with Crippen molar-refractivity contribution < 1.29 is 18.3 Å². The van der Waals surface area contributed by atoms with Crippen LogP contribution in [-0.2, 0) is 21.3 Å². The van der Waals surface area contributed by atoms with E-state index in [4.69, 9.17) is 4.74 Å². The van der Waals surface area contributed by atoms with Gasteiger partial charge in [-0.2, -0.15) is 0 Å². The molecule has 9 heteroatoms. The van der Waals surface area contributed by atoms with Crippen LogP contribution >= 0.6 is 0 Å². The highest BCUT2D eigenvalue weighted by atomic mass is 32.2. The minimum absolute atomic E-state index is 0.0467. The second kappa shape index (κ2) is 10.4. The molecule has 1 aromatic carbocycles. The molecule has 3 atom stereocenters. The van der Waals surface area contributed by atoms with E-state index in [2.05, 4.69) is 21.2 Å². The molecule has 2 N–H and O–H groups in total. The van der Waals surface area contributed by atoms with Gasteiger partial charge in [0.2, 0.25) is 10.0 Å². The summed E-state index contributed by atoms with van der Waals surface area (Å²) in [6.45, 7) is 2.38. The van der Waals surface area contributed by atoms with Crippen molar-refractivity contribution in [3.63, 3.8) is 0 Å². The SMILES string of the molecule is Cc1ccc(S(=O)(=O)N[C@H]2CC[C@H](CCn3cc(C4CCCCC4)nn3)O[C@H]2CO)cc1. The molecule has 2 aromatic rings. The van der Waals surface area contributed by atoms with Gasteiger partial charge in [0.15, 0.2) is 0 Å². The Hall–Kier alpha value is -1.81. The molecule has 0 spiro atoms. The van der Waals surface area contributed by atoms with E-state index < -0.39 is 22.2 Å². The van der Waals surface area contributed by atoms with Gasteiger partial charge in [0.1, 0.15) is 0 Å². The number of nitrogens with one attached hydrogen (secondary N) is 1. The average molecular weight is 463 g/mol. The van der Waals surface area contributed by atoms with Gasteiger partial charge in [-0.05, 0) is 51.2 Å². The molecule has 0 radical (unpaired) electrons. The van der Waals surface area contributed by atoms with Crippen LogP contribution in [0.3, 0.4) is 0 Å². The third-order valence-corrected chi connectivity index (χ3v) is 8.20. The van der Waals surface area contributed by atoms with Gasteiger partial charge in [0, 0.05) is 18.7 Å². The normalized spacial score (nSPS) is 25.1. The molecule has 1 saturated carbocycles. The summed E-state index contributed by atoms with van der Waals surface area (Å²) >= 11 is 0. The van der Waals surface area contributed by atoms with E-state index in [1.54, 1.807) is 24.3 Å². The Kier molecular flexibility index (Phi) is 7.60. The number of sulfonamides is 1. The number of benzene rings is 1. The lowest BCUT2D eigenvalue weighted by Gasteiger charge is -2.36. The summed E-state index contributed by atoms with van der Waals surface area (Å²) in [5.74, 6) is 0.532. The maximum Gasteiger partial charge on any atom is 0.240 e. The fourth-order valence-electron chi connectivity index (χ4n) is 4.75. The van der Waals surface area contributed by atoms with Crippen molar-refractivity contribution in [3.8, 4) is 0 Å². The monoisotopic (exact) mass is 462 g/mol.